The van der Waals surface area contributed by atoms with Gasteiger partial charge in [0.1, 0.15) is 5.65 Å². The van der Waals surface area contributed by atoms with Gasteiger partial charge in [0.25, 0.3) is 0 Å². The molecule has 1 N–H and O–H groups in total. The maximum atomic E-state index is 4.37. The Labute approximate surface area is 135 Å². The summed E-state index contributed by atoms with van der Waals surface area (Å²) >= 11 is 3.47. The number of pyridine rings is 1. The van der Waals surface area contributed by atoms with Gasteiger partial charge in [0, 0.05) is 27.8 Å². The zero-order valence-electron chi connectivity index (χ0n) is 11.8. The smallest absolute Gasteiger partial charge is 0.137 e. The second kappa shape index (κ2) is 5.06. The third-order valence-electron chi connectivity index (χ3n) is 3.64. The number of fused-ring (bicyclic) bond motifs is 1. The van der Waals surface area contributed by atoms with Crippen molar-refractivity contribution in [3.63, 3.8) is 0 Å². The first-order valence-corrected chi connectivity index (χ1v) is 7.62. The molecule has 0 fully saturated rings. The standard InChI is InChI=1S/C16H12BrN5/c1-10-7-20-21-22(10)13-4-2-11(3-5-13)15-9-19-16-14(15)6-12(17)8-18-16/h2-9H,1H3,(H,18,19). The molecule has 0 atom stereocenters. The highest BCUT2D eigenvalue weighted by molar-refractivity contribution is 9.10. The van der Waals surface area contributed by atoms with E-state index in [2.05, 4.69) is 54.4 Å². The van der Waals surface area contributed by atoms with Crippen molar-refractivity contribution in [2.24, 2.45) is 0 Å². The van der Waals surface area contributed by atoms with E-state index in [1.165, 1.54) is 0 Å². The van der Waals surface area contributed by atoms with Crippen molar-refractivity contribution < 1.29 is 0 Å². The van der Waals surface area contributed by atoms with Gasteiger partial charge in [-0.05, 0) is 46.6 Å². The average molecular weight is 354 g/mol. The number of aromatic nitrogens is 5. The first kappa shape index (κ1) is 13.2. The summed E-state index contributed by atoms with van der Waals surface area (Å²) in [7, 11) is 0. The number of H-pyrrole nitrogens is 1. The first-order chi connectivity index (χ1) is 10.7. The number of aromatic amines is 1. The van der Waals surface area contributed by atoms with Crippen LogP contribution in [0.3, 0.4) is 0 Å². The third kappa shape index (κ3) is 2.12. The van der Waals surface area contributed by atoms with Crippen LogP contribution in [-0.4, -0.2) is 25.0 Å². The predicted octanol–water partition coefficient (Wildman–Crippen LogP) is 3.88. The second-order valence-corrected chi connectivity index (χ2v) is 6.00. The lowest BCUT2D eigenvalue weighted by Crippen LogP contribution is -1.98. The molecule has 6 heteroatoms. The van der Waals surface area contributed by atoms with E-state index in [4.69, 9.17) is 0 Å². The van der Waals surface area contributed by atoms with Crippen molar-refractivity contribution >= 4 is 27.0 Å². The minimum atomic E-state index is 0.884. The maximum Gasteiger partial charge on any atom is 0.137 e. The minimum absolute atomic E-state index is 0.884. The van der Waals surface area contributed by atoms with Crippen LogP contribution in [0.4, 0.5) is 0 Å². The van der Waals surface area contributed by atoms with Gasteiger partial charge in [0.2, 0.25) is 0 Å². The van der Waals surface area contributed by atoms with Crippen LogP contribution >= 0.6 is 15.9 Å². The molecule has 3 heterocycles. The molecule has 0 saturated carbocycles. The number of rotatable bonds is 2. The van der Waals surface area contributed by atoms with Crippen molar-refractivity contribution in [1.29, 1.82) is 0 Å². The van der Waals surface area contributed by atoms with E-state index < -0.39 is 0 Å². The van der Waals surface area contributed by atoms with E-state index in [0.29, 0.717) is 0 Å². The molecule has 22 heavy (non-hydrogen) atoms. The summed E-state index contributed by atoms with van der Waals surface area (Å²) < 4.78 is 2.78. The molecule has 0 aliphatic carbocycles. The Morgan fingerprint density at radius 3 is 2.68 bits per heavy atom. The fourth-order valence-corrected chi connectivity index (χ4v) is 2.87. The predicted molar refractivity (Wildman–Crippen MR) is 88.9 cm³/mol. The number of aryl methyl sites for hydroxylation is 1. The Morgan fingerprint density at radius 1 is 1.14 bits per heavy atom. The van der Waals surface area contributed by atoms with E-state index in [1.807, 2.05) is 29.9 Å². The summed E-state index contributed by atoms with van der Waals surface area (Å²) in [6.45, 7) is 1.98. The van der Waals surface area contributed by atoms with Crippen LogP contribution in [0, 0.1) is 6.92 Å². The van der Waals surface area contributed by atoms with E-state index in [1.54, 1.807) is 12.4 Å². The Morgan fingerprint density at radius 2 is 1.95 bits per heavy atom. The summed E-state index contributed by atoms with van der Waals surface area (Å²) in [6, 6.07) is 10.3. The molecule has 0 saturated heterocycles. The van der Waals surface area contributed by atoms with Crippen molar-refractivity contribution in [1.82, 2.24) is 25.0 Å². The molecule has 5 nitrogen and oxygen atoms in total. The molecule has 4 aromatic rings. The Balaban J connectivity index is 1.79. The highest BCUT2D eigenvalue weighted by Gasteiger charge is 2.08. The summed E-state index contributed by atoms with van der Waals surface area (Å²) in [5, 5.41) is 9.10. The van der Waals surface area contributed by atoms with Gasteiger partial charge in [0.15, 0.2) is 0 Å². The quantitative estimate of drug-likeness (QED) is 0.594. The fourth-order valence-electron chi connectivity index (χ4n) is 2.54. The SMILES string of the molecule is Cc1cnnn1-c1ccc(-c2c[nH]c3ncc(Br)cc23)cc1. The molecular formula is C16H12BrN5. The molecule has 0 amide bonds. The highest BCUT2D eigenvalue weighted by Crippen LogP contribution is 2.30. The second-order valence-electron chi connectivity index (χ2n) is 5.09. The van der Waals surface area contributed by atoms with Crippen molar-refractivity contribution in [3.8, 4) is 16.8 Å². The summed E-state index contributed by atoms with van der Waals surface area (Å²) in [5.41, 5.74) is 5.15. The Bertz CT molecular complexity index is 952. The molecule has 3 aromatic heterocycles. The van der Waals surface area contributed by atoms with Gasteiger partial charge < -0.3 is 4.98 Å². The van der Waals surface area contributed by atoms with Crippen molar-refractivity contribution in [3.05, 3.63) is 59.1 Å². The third-order valence-corrected chi connectivity index (χ3v) is 4.07. The molecule has 0 bridgehead atoms. The monoisotopic (exact) mass is 353 g/mol. The summed E-state index contributed by atoms with van der Waals surface area (Å²) in [6.07, 6.45) is 5.52. The molecule has 0 radical (unpaired) electrons. The lowest BCUT2D eigenvalue weighted by atomic mass is 10.1. The molecule has 0 aliphatic heterocycles. The van der Waals surface area contributed by atoms with Crippen molar-refractivity contribution in [2.75, 3.05) is 0 Å². The van der Waals surface area contributed by atoms with E-state index >= 15 is 0 Å². The van der Waals surface area contributed by atoms with Crippen LogP contribution in [0.1, 0.15) is 5.69 Å². The molecule has 0 spiro atoms. The van der Waals surface area contributed by atoms with Gasteiger partial charge in [-0.25, -0.2) is 9.67 Å². The number of nitrogens with zero attached hydrogens (tertiary/aromatic N) is 4. The van der Waals surface area contributed by atoms with Crippen molar-refractivity contribution in [2.45, 2.75) is 6.92 Å². The largest absolute Gasteiger partial charge is 0.346 e. The Hall–Kier alpha value is -2.47. The topological polar surface area (TPSA) is 59.4 Å². The highest BCUT2D eigenvalue weighted by atomic mass is 79.9. The number of halogens is 1. The van der Waals surface area contributed by atoms with Gasteiger partial charge >= 0.3 is 0 Å². The molecule has 4 rings (SSSR count). The lowest BCUT2D eigenvalue weighted by molar-refractivity contribution is 0.785. The Kier molecular flexibility index (Phi) is 3.04. The van der Waals surface area contributed by atoms with Crippen LogP contribution in [-0.2, 0) is 0 Å². The van der Waals surface area contributed by atoms with Gasteiger partial charge in [-0.15, -0.1) is 5.10 Å². The number of hydrogen-bond donors (Lipinski definition) is 1. The van der Waals surface area contributed by atoms with Gasteiger partial charge in [-0.2, -0.15) is 0 Å². The van der Waals surface area contributed by atoms with Crippen LogP contribution in [0.25, 0.3) is 27.8 Å². The average Bonchev–Trinajstić information content (AvgIpc) is 3.13. The molecule has 108 valence electrons. The molecule has 0 aliphatic rings. The van der Waals surface area contributed by atoms with Gasteiger partial charge in [-0.3, -0.25) is 0 Å². The number of nitrogens with one attached hydrogen (secondary N) is 1. The van der Waals surface area contributed by atoms with E-state index in [9.17, 15) is 0 Å². The van der Waals surface area contributed by atoms with E-state index in [0.717, 1.165) is 38.0 Å². The minimum Gasteiger partial charge on any atom is -0.346 e. The number of benzene rings is 1. The molecular weight excluding hydrogens is 342 g/mol. The van der Waals surface area contributed by atoms with Crippen LogP contribution in [0.2, 0.25) is 0 Å². The van der Waals surface area contributed by atoms with Crippen LogP contribution in [0.5, 0.6) is 0 Å². The fraction of sp³-hybridized carbons (Fsp3) is 0.0625. The summed E-state index contributed by atoms with van der Waals surface area (Å²) in [4.78, 5) is 7.58. The van der Waals surface area contributed by atoms with Gasteiger partial charge in [0.05, 0.1) is 17.6 Å². The van der Waals surface area contributed by atoms with E-state index in [-0.39, 0.29) is 0 Å². The normalized spacial score (nSPS) is 11.2. The zero-order chi connectivity index (χ0) is 15.1. The van der Waals surface area contributed by atoms with Gasteiger partial charge in [-0.1, -0.05) is 17.3 Å². The lowest BCUT2D eigenvalue weighted by Gasteiger charge is -2.05. The number of hydrogen-bond acceptors (Lipinski definition) is 3. The zero-order valence-corrected chi connectivity index (χ0v) is 13.4. The first-order valence-electron chi connectivity index (χ1n) is 6.83. The van der Waals surface area contributed by atoms with Crippen LogP contribution < -0.4 is 0 Å². The van der Waals surface area contributed by atoms with Crippen LogP contribution in [0.15, 0.2) is 53.4 Å². The maximum absolute atomic E-state index is 4.37. The molecule has 1 aromatic carbocycles. The molecule has 0 unspecified atom stereocenters. The summed E-state index contributed by atoms with van der Waals surface area (Å²) in [5.74, 6) is 0.